The molecule has 3 nitrogen and oxygen atoms in total. The van der Waals surface area contributed by atoms with Crippen LogP contribution in [0.15, 0.2) is 42.6 Å². The van der Waals surface area contributed by atoms with Gasteiger partial charge in [-0.15, -0.1) is 0 Å². The van der Waals surface area contributed by atoms with Gasteiger partial charge in [0.1, 0.15) is 12.4 Å². The number of halogens is 1. The number of thiazole rings is 1. The van der Waals surface area contributed by atoms with Gasteiger partial charge in [-0.25, -0.2) is 4.98 Å². The van der Waals surface area contributed by atoms with Crippen LogP contribution in [0.4, 0.5) is 5.13 Å². The average Bonchev–Trinajstić information content (AvgIpc) is 2.95. The molecule has 0 amide bonds. The maximum absolute atomic E-state index is 6.21. The van der Waals surface area contributed by atoms with Gasteiger partial charge in [-0.2, -0.15) is 0 Å². The molecule has 0 aliphatic carbocycles. The predicted molar refractivity (Wildman–Crippen MR) is 89.6 cm³/mol. The van der Waals surface area contributed by atoms with Crippen molar-refractivity contribution in [2.45, 2.75) is 13.5 Å². The molecule has 0 radical (unpaired) electrons. The first-order valence-corrected chi connectivity index (χ1v) is 7.96. The molecule has 1 aromatic heterocycles. The molecule has 0 spiro atoms. The van der Waals surface area contributed by atoms with Gasteiger partial charge in [0.15, 0.2) is 5.13 Å². The molecule has 0 saturated carbocycles. The van der Waals surface area contributed by atoms with Gasteiger partial charge in [0.25, 0.3) is 0 Å². The van der Waals surface area contributed by atoms with E-state index in [4.69, 9.17) is 16.3 Å². The first-order chi connectivity index (χ1) is 10.3. The van der Waals surface area contributed by atoms with Crippen LogP contribution in [0, 0.1) is 0 Å². The Balaban J connectivity index is 1.80. The normalized spacial score (nSPS) is 10.8. The Hall–Kier alpha value is -1.78. The Morgan fingerprint density at radius 1 is 1.19 bits per heavy atom. The lowest BCUT2D eigenvalue weighted by molar-refractivity contribution is 0.313. The highest BCUT2D eigenvalue weighted by Gasteiger charge is 2.07. The number of rotatable bonds is 5. The van der Waals surface area contributed by atoms with Crippen molar-refractivity contribution in [3.63, 3.8) is 0 Å². The van der Waals surface area contributed by atoms with E-state index in [9.17, 15) is 0 Å². The molecule has 3 rings (SSSR count). The molecule has 3 aromatic rings. The Morgan fingerprint density at radius 2 is 2.00 bits per heavy atom. The molecule has 0 atom stereocenters. The zero-order chi connectivity index (χ0) is 14.7. The fraction of sp³-hybridized carbons (Fsp3) is 0.188. The summed E-state index contributed by atoms with van der Waals surface area (Å²) in [6.45, 7) is 3.43. The number of benzene rings is 2. The number of nitrogens with one attached hydrogen (secondary N) is 1. The molecular formula is C16H15ClN2OS. The van der Waals surface area contributed by atoms with Crippen molar-refractivity contribution < 1.29 is 4.74 Å². The van der Waals surface area contributed by atoms with Gasteiger partial charge >= 0.3 is 0 Å². The summed E-state index contributed by atoms with van der Waals surface area (Å²) in [5.74, 6) is 0.841. The van der Waals surface area contributed by atoms with E-state index >= 15 is 0 Å². The van der Waals surface area contributed by atoms with Gasteiger partial charge < -0.3 is 10.1 Å². The second-order valence-corrected chi connectivity index (χ2v) is 6.06. The third kappa shape index (κ3) is 3.12. The highest BCUT2D eigenvalue weighted by atomic mass is 35.5. The van der Waals surface area contributed by atoms with Gasteiger partial charge in [0.05, 0.1) is 4.88 Å². The fourth-order valence-corrected chi connectivity index (χ4v) is 3.14. The summed E-state index contributed by atoms with van der Waals surface area (Å²) in [5.41, 5.74) is 0. The molecule has 0 saturated heterocycles. The quantitative estimate of drug-likeness (QED) is 0.722. The molecule has 108 valence electrons. The topological polar surface area (TPSA) is 34.2 Å². The maximum Gasteiger partial charge on any atom is 0.182 e. The van der Waals surface area contributed by atoms with E-state index in [2.05, 4.69) is 17.2 Å². The van der Waals surface area contributed by atoms with E-state index in [1.165, 1.54) is 0 Å². The summed E-state index contributed by atoms with van der Waals surface area (Å²) in [4.78, 5) is 5.39. The molecule has 21 heavy (non-hydrogen) atoms. The van der Waals surface area contributed by atoms with Crippen molar-refractivity contribution in [1.29, 1.82) is 0 Å². The number of ether oxygens (including phenoxy) is 1. The van der Waals surface area contributed by atoms with E-state index in [-0.39, 0.29) is 0 Å². The lowest BCUT2D eigenvalue weighted by Crippen LogP contribution is -1.94. The largest absolute Gasteiger partial charge is 0.487 e. The smallest absolute Gasteiger partial charge is 0.182 e. The molecule has 1 N–H and O–H groups in total. The van der Waals surface area contributed by atoms with E-state index in [0.717, 1.165) is 38.1 Å². The third-order valence-corrected chi connectivity index (χ3v) is 4.34. The lowest BCUT2D eigenvalue weighted by atomic mass is 10.1. The number of hydrogen-bond donors (Lipinski definition) is 1. The average molecular weight is 319 g/mol. The van der Waals surface area contributed by atoms with E-state index in [1.807, 2.05) is 42.6 Å². The van der Waals surface area contributed by atoms with Gasteiger partial charge in [-0.05, 0) is 19.1 Å². The Morgan fingerprint density at radius 3 is 2.81 bits per heavy atom. The molecule has 0 unspecified atom stereocenters. The van der Waals surface area contributed by atoms with Crippen LogP contribution in [-0.4, -0.2) is 11.5 Å². The number of anilines is 1. The van der Waals surface area contributed by atoms with Crippen molar-refractivity contribution in [1.82, 2.24) is 4.98 Å². The highest BCUT2D eigenvalue weighted by molar-refractivity contribution is 7.15. The molecule has 1 heterocycles. The Bertz CT molecular complexity index is 757. The zero-order valence-corrected chi connectivity index (χ0v) is 13.2. The van der Waals surface area contributed by atoms with Crippen molar-refractivity contribution in [3.05, 3.63) is 52.5 Å². The number of nitrogens with zero attached hydrogens (tertiary/aromatic N) is 1. The molecule has 0 fully saturated rings. The molecule has 2 aromatic carbocycles. The second-order valence-electron chi connectivity index (χ2n) is 4.54. The van der Waals surface area contributed by atoms with Crippen molar-refractivity contribution >= 4 is 38.8 Å². The summed E-state index contributed by atoms with van der Waals surface area (Å²) in [6, 6.07) is 11.8. The molecule has 5 heteroatoms. The minimum atomic E-state index is 0.509. The maximum atomic E-state index is 6.21. The third-order valence-electron chi connectivity index (χ3n) is 3.08. The molecular weight excluding hydrogens is 304 g/mol. The van der Waals surface area contributed by atoms with Crippen molar-refractivity contribution in [2.75, 3.05) is 11.9 Å². The molecule has 0 bridgehead atoms. The minimum absolute atomic E-state index is 0.509. The van der Waals surface area contributed by atoms with Crippen molar-refractivity contribution in [2.24, 2.45) is 0 Å². The Labute approximate surface area is 132 Å². The lowest BCUT2D eigenvalue weighted by Gasteiger charge is -2.09. The standard InChI is InChI=1S/C16H15ClN2OS/c1-2-18-16-19-9-11(21-16)10-20-15-8-7-14(17)12-5-3-4-6-13(12)15/h3-9H,2,10H2,1H3,(H,18,19). The first kappa shape index (κ1) is 14.2. The van der Waals surface area contributed by atoms with Crippen LogP contribution in [-0.2, 0) is 6.61 Å². The number of aromatic nitrogens is 1. The fourth-order valence-electron chi connectivity index (χ4n) is 2.12. The zero-order valence-electron chi connectivity index (χ0n) is 11.6. The van der Waals surface area contributed by atoms with Gasteiger partial charge in [0.2, 0.25) is 0 Å². The van der Waals surface area contributed by atoms with Crippen LogP contribution in [0.3, 0.4) is 0 Å². The van der Waals surface area contributed by atoms with Gasteiger partial charge in [0, 0.05) is 28.5 Å². The first-order valence-electron chi connectivity index (χ1n) is 6.76. The monoisotopic (exact) mass is 318 g/mol. The van der Waals surface area contributed by atoms with Gasteiger partial charge in [-0.1, -0.05) is 47.2 Å². The summed E-state index contributed by atoms with van der Waals surface area (Å²) >= 11 is 7.82. The van der Waals surface area contributed by atoms with Crippen LogP contribution in [0.2, 0.25) is 5.02 Å². The molecule has 0 aliphatic rings. The predicted octanol–water partition coefficient (Wildman–Crippen LogP) is 4.96. The SMILES string of the molecule is CCNc1ncc(COc2ccc(Cl)c3ccccc23)s1. The summed E-state index contributed by atoms with van der Waals surface area (Å²) < 4.78 is 5.94. The summed E-state index contributed by atoms with van der Waals surface area (Å²) in [7, 11) is 0. The van der Waals surface area contributed by atoms with E-state index < -0.39 is 0 Å². The van der Waals surface area contributed by atoms with Crippen molar-refractivity contribution in [3.8, 4) is 5.75 Å². The van der Waals surface area contributed by atoms with Crippen LogP contribution in [0.1, 0.15) is 11.8 Å². The Kier molecular flexibility index (Phi) is 4.27. The van der Waals surface area contributed by atoms with Crippen LogP contribution in [0.5, 0.6) is 5.75 Å². The van der Waals surface area contributed by atoms with Gasteiger partial charge in [-0.3, -0.25) is 0 Å². The number of hydrogen-bond acceptors (Lipinski definition) is 4. The highest BCUT2D eigenvalue weighted by Crippen LogP contribution is 2.32. The van der Waals surface area contributed by atoms with Crippen LogP contribution < -0.4 is 10.1 Å². The summed E-state index contributed by atoms with van der Waals surface area (Å²) in [6.07, 6.45) is 1.85. The van der Waals surface area contributed by atoms with Crippen LogP contribution >= 0.6 is 22.9 Å². The van der Waals surface area contributed by atoms with E-state index in [0.29, 0.717) is 6.61 Å². The minimum Gasteiger partial charge on any atom is -0.487 e. The van der Waals surface area contributed by atoms with Crippen LogP contribution in [0.25, 0.3) is 10.8 Å². The second kappa shape index (κ2) is 6.33. The summed E-state index contributed by atoms with van der Waals surface area (Å²) in [5, 5.41) is 6.90. The number of fused-ring (bicyclic) bond motifs is 1. The molecule has 0 aliphatic heterocycles. The van der Waals surface area contributed by atoms with E-state index in [1.54, 1.807) is 11.3 Å².